The van der Waals surface area contributed by atoms with Crippen LogP contribution in [0.2, 0.25) is 0 Å². The van der Waals surface area contributed by atoms with Gasteiger partial charge in [-0.2, -0.15) is 0 Å². The number of carboxylic acid groups (broad SMARTS) is 1. The lowest BCUT2D eigenvalue weighted by Crippen LogP contribution is -2.44. The normalized spacial score (nSPS) is 31.2. The van der Waals surface area contributed by atoms with Crippen molar-refractivity contribution in [2.24, 2.45) is 0 Å². The van der Waals surface area contributed by atoms with Gasteiger partial charge in [0.1, 0.15) is 0 Å². The third kappa shape index (κ3) is 2.34. The van der Waals surface area contributed by atoms with Gasteiger partial charge in [0, 0.05) is 31.7 Å². The SMILES string of the molecule is CC1CC(N2Cc3ccccc3C(C(=O)O)C2)CN1C. The van der Waals surface area contributed by atoms with Gasteiger partial charge in [0.2, 0.25) is 0 Å². The van der Waals surface area contributed by atoms with Gasteiger partial charge in [-0.25, -0.2) is 0 Å². The number of fused-ring (bicyclic) bond motifs is 1. The Hall–Kier alpha value is -1.39. The van der Waals surface area contributed by atoms with Gasteiger partial charge in [0.25, 0.3) is 0 Å². The molecular formula is C16H22N2O2. The van der Waals surface area contributed by atoms with Crippen LogP contribution in [0, 0.1) is 0 Å². The van der Waals surface area contributed by atoms with Crippen LogP contribution in [-0.2, 0) is 11.3 Å². The van der Waals surface area contributed by atoms with Crippen LogP contribution in [0.3, 0.4) is 0 Å². The summed E-state index contributed by atoms with van der Waals surface area (Å²) in [4.78, 5) is 16.3. The van der Waals surface area contributed by atoms with Crippen molar-refractivity contribution in [2.45, 2.75) is 37.9 Å². The summed E-state index contributed by atoms with van der Waals surface area (Å²) >= 11 is 0. The minimum absolute atomic E-state index is 0.388. The van der Waals surface area contributed by atoms with Crippen molar-refractivity contribution in [3.05, 3.63) is 35.4 Å². The number of hydrogen-bond acceptors (Lipinski definition) is 3. The van der Waals surface area contributed by atoms with Crippen LogP contribution in [-0.4, -0.2) is 53.1 Å². The van der Waals surface area contributed by atoms with E-state index < -0.39 is 5.97 Å². The highest BCUT2D eigenvalue weighted by Gasteiger charge is 2.37. The van der Waals surface area contributed by atoms with Crippen LogP contribution in [0.5, 0.6) is 0 Å². The second-order valence-corrected chi connectivity index (χ2v) is 6.20. The Morgan fingerprint density at radius 1 is 1.30 bits per heavy atom. The summed E-state index contributed by atoms with van der Waals surface area (Å²) < 4.78 is 0. The number of hydrogen-bond donors (Lipinski definition) is 1. The largest absolute Gasteiger partial charge is 0.481 e. The van der Waals surface area contributed by atoms with Crippen molar-refractivity contribution in [2.75, 3.05) is 20.1 Å². The molecule has 0 aromatic heterocycles. The second-order valence-electron chi connectivity index (χ2n) is 6.20. The van der Waals surface area contributed by atoms with Crippen LogP contribution in [0.15, 0.2) is 24.3 Å². The molecule has 0 saturated carbocycles. The molecule has 3 unspecified atom stereocenters. The smallest absolute Gasteiger partial charge is 0.312 e. The van der Waals surface area contributed by atoms with E-state index in [0.29, 0.717) is 18.6 Å². The molecule has 0 spiro atoms. The first-order valence-corrected chi connectivity index (χ1v) is 7.31. The van der Waals surface area contributed by atoms with Crippen LogP contribution in [0.25, 0.3) is 0 Å². The van der Waals surface area contributed by atoms with E-state index in [0.717, 1.165) is 25.1 Å². The quantitative estimate of drug-likeness (QED) is 0.892. The molecule has 0 amide bonds. The number of likely N-dealkylation sites (N-methyl/N-ethyl adjacent to an activating group) is 1. The number of rotatable bonds is 2. The van der Waals surface area contributed by atoms with Crippen molar-refractivity contribution in [3.63, 3.8) is 0 Å². The molecule has 20 heavy (non-hydrogen) atoms. The number of benzene rings is 1. The molecule has 2 aliphatic rings. The van der Waals surface area contributed by atoms with E-state index in [4.69, 9.17) is 0 Å². The van der Waals surface area contributed by atoms with E-state index in [1.807, 2.05) is 18.2 Å². The number of nitrogens with zero attached hydrogens (tertiary/aromatic N) is 2. The molecule has 0 radical (unpaired) electrons. The van der Waals surface area contributed by atoms with Gasteiger partial charge >= 0.3 is 5.97 Å². The van der Waals surface area contributed by atoms with Gasteiger partial charge in [0.05, 0.1) is 5.92 Å². The Labute approximate surface area is 120 Å². The van der Waals surface area contributed by atoms with Crippen molar-refractivity contribution in [1.82, 2.24) is 9.80 Å². The summed E-state index contributed by atoms with van der Waals surface area (Å²) in [6, 6.07) is 9.04. The Morgan fingerprint density at radius 3 is 2.70 bits per heavy atom. The van der Waals surface area contributed by atoms with Crippen LogP contribution >= 0.6 is 0 Å². The molecule has 108 valence electrons. The van der Waals surface area contributed by atoms with E-state index in [2.05, 4.69) is 29.8 Å². The average Bonchev–Trinajstić information content (AvgIpc) is 2.77. The zero-order chi connectivity index (χ0) is 14.3. The van der Waals surface area contributed by atoms with Crippen LogP contribution < -0.4 is 0 Å². The summed E-state index contributed by atoms with van der Waals surface area (Å²) in [5.41, 5.74) is 2.17. The molecule has 1 aromatic carbocycles. The highest BCUT2D eigenvalue weighted by molar-refractivity contribution is 5.77. The zero-order valence-electron chi connectivity index (χ0n) is 12.1. The zero-order valence-corrected chi connectivity index (χ0v) is 12.1. The maximum Gasteiger partial charge on any atom is 0.312 e. The molecule has 1 aromatic rings. The first kappa shape index (κ1) is 13.6. The van der Waals surface area contributed by atoms with Gasteiger partial charge < -0.3 is 10.0 Å². The van der Waals surface area contributed by atoms with Crippen LogP contribution in [0.1, 0.15) is 30.4 Å². The highest BCUT2D eigenvalue weighted by atomic mass is 16.4. The minimum Gasteiger partial charge on any atom is -0.481 e. The molecular weight excluding hydrogens is 252 g/mol. The standard InChI is InChI=1S/C16H22N2O2/c1-11-7-13(9-17(11)2)18-8-12-5-3-4-6-14(12)15(10-18)16(19)20/h3-6,11,13,15H,7-10H2,1-2H3,(H,19,20). The molecule has 0 bridgehead atoms. The van der Waals surface area contributed by atoms with Crippen molar-refractivity contribution in [1.29, 1.82) is 0 Å². The third-order valence-corrected chi connectivity index (χ3v) is 4.90. The Bertz CT molecular complexity index is 507. The van der Waals surface area contributed by atoms with Crippen molar-refractivity contribution in [3.8, 4) is 0 Å². The predicted molar refractivity (Wildman–Crippen MR) is 77.7 cm³/mol. The topological polar surface area (TPSA) is 43.8 Å². The van der Waals surface area contributed by atoms with E-state index in [1.54, 1.807) is 0 Å². The molecule has 3 atom stereocenters. The van der Waals surface area contributed by atoms with E-state index in [9.17, 15) is 9.90 Å². The molecule has 2 aliphatic heterocycles. The molecule has 4 heteroatoms. The van der Waals surface area contributed by atoms with Gasteiger partial charge in [-0.1, -0.05) is 24.3 Å². The summed E-state index contributed by atoms with van der Waals surface area (Å²) in [7, 11) is 2.15. The average molecular weight is 274 g/mol. The maximum absolute atomic E-state index is 11.6. The van der Waals surface area contributed by atoms with Gasteiger partial charge in [-0.3, -0.25) is 9.69 Å². The van der Waals surface area contributed by atoms with E-state index in [-0.39, 0.29) is 5.92 Å². The first-order valence-electron chi connectivity index (χ1n) is 7.31. The predicted octanol–water partition coefficient (Wildman–Crippen LogP) is 1.76. The van der Waals surface area contributed by atoms with Gasteiger partial charge in [-0.15, -0.1) is 0 Å². The highest BCUT2D eigenvalue weighted by Crippen LogP contribution is 2.32. The number of aliphatic carboxylic acids is 1. The van der Waals surface area contributed by atoms with Crippen LogP contribution in [0.4, 0.5) is 0 Å². The monoisotopic (exact) mass is 274 g/mol. The molecule has 1 saturated heterocycles. The molecule has 0 aliphatic carbocycles. The van der Waals surface area contributed by atoms with Gasteiger partial charge in [-0.05, 0) is 31.5 Å². The Balaban J connectivity index is 1.85. The second kappa shape index (κ2) is 5.19. The maximum atomic E-state index is 11.6. The molecule has 2 heterocycles. The number of likely N-dealkylation sites (tertiary alicyclic amines) is 1. The third-order valence-electron chi connectivity index (χ3n) is 4.90. The molecule has 3 rings (SSSR count). The lowest BCUT2D eigenvalue weighted by atomic mass is 9.89. The fourth-order valence-electron chi connectivity index (χ4n) is 3.55. The van der Waals surface area contributed by atoms with E-state index >= 15 is 0 Å². The molecule has 1 fully saturated rings. The summed E-state index contributed by atoms with van der Waals surface area (Å²) in [5.74, 6) is -1.09. The Morgan fingerprint density at radius 2 is 2.05 bits per heavy atom. The van der Waals surface area contributed by atoms with Gasteiger partial charge in [0.15, 0.2) is 0 Å². The van der Waals surface area contributed by atoms with Crippen molar-refractivity contribution >= 4 is 5.97 Å². The molecule has 1 N–H and O–H groups in total. The summed E-state index contributed by atoms with van der Waals surface area (Å²) in [6.45, 7) is 4.80. The fraction of sp³-hybridized carbons (Fsp3) is 0.562. The number of carboxylic acids is 1. The minimum atomic E-state index is -0.707. The lowest BCUT2D eigenvalue weighted by molar-refractivity contribution is -0.139. The summed E-state index contributed by atoms with van der Waals surface area (Å²) in [6.07, 6.45) is 1.13. The van der Waals surface area contributed by atoms with Crippen molar-refractivity contribution < 1.29 is 9.90 Å². The molecule has 4 nitrogen and oxygen atoms in total. The van der Waals surface area contributed by atoms with E-state index in [1.165, 1.54) is 5.56 Å². The fourth-order valence-corrected chi connectivity index (χ4v) is 3.55. The lowest BCUT2D eigenvalue weighted by Gasteiger charge is -2.36. The first-order chi connectivity index (χ1) is 9.56. The summed E-state index contributed by atoms with van der Waals surface area (Å²) in [5, 5.41) is 9.51. The number of carbonyl (C=O) groups is 1. The Kier molecular flexibility index (Phi) is 3.52.